The van der Waals surface area contributed by atoms with E-state index in [1.807, 2.05) is 32.0 Å². The summed E-state index contributed by atoms with van der Waals surface area (Å²) in [4.78, 5) is 22.5. The van der Waals surface area contributed by atoms with Crippen molar-refractivity contribution in [3.63, 3.8) is 0 Å². The minimum atomic E-state index is -0.561. The van der Waals surface area contributed by atoms with Gasteiger partial charge in [-0.1, -0.05) is 12.1 Å². The highest BCUT2D eigenvalue weighted by atomic mass is 16.6. The number of carbonyl (C=O) groups excluding carboxylic acids is 1. The number of hydrogen-bond acceptors (Lipinski definition) is 4. The third-order valence-electron chi connectivity index (χ3n) is 3.13. The van der Waals surface area contributed by atoms with Crippen LogP contribution in [0.2, 0.25) is 0 Å². The maximum atomic E-state index is 12.3. The molecule has 2 aromatic rings. The molecule has 0 aliphatic rings. The molecule has 0 aliphatic heterocycles. The Labute approximate surface area is 121 Å². The smallest absolute Gasteiger partial charge is 0.270 e. The normalized spacial score (nSPS) is 10.2. The van der Waals surface area contributed by atoms with Crippen LogP contribution in [0.25, 0.3) is 0 Å². The minimum Gasteiger partial charge on any atom is -0.398 e. The number of nitro groups is 1. The Morgan fingerprint density at radius 2 is 1.90 bits per heavy atom. The van der Waals surface area contributed by atoms with Crippen molar-refractivity contribution in [2.24, 2.45) is 0 Å². The summed E-state index contributed by atoms with van der Waals surface area (Å²) in [5, 5.41) is 13.5. The lowest BCUT2D eigenvalue weighted by molar-refractivity contribution is -0.384. The first-order valence-electron chi connectivity index (χ1n) is 6.31. The Balaban J connectivity index is 2.34. The van der Waals surface area contributed by atoms with Crippen molar-refractivity contribution in [1.82, 2.24) is 0 Å². The van der Waals surface area contributed by atoms with Gasteiger partial charge in [0.15, 0.2) is 0 Å². The highest BCUT2D eigenvalue weighted by molar-refractivity contribution is 6.08. The number of anilines is 2. The minimum absolute atomic E-state index is 0.0881. The molecule has 0 bridgehead atoms. The third kappa shape index (κ3) is 3.17. The Morgan fingerprint density at radius 3 is 2.57 bits per heavy atom. The maximum Gasteiger partial charge on any atom is 0.270 e. The molecule has 0 unspecified atom stereocenters. The summed E-state index contributed by atoms with van der Waals surface area (Å²) in [6.07, 6.45) is 0. The molecule has 108 valence electrons. The van der Waals surface area contributed by atoms with Gasteiger partial charge in [-0.05, 0) is 37.1 Å². The van der Waals surface area contributed by atoms with Crippen molar-refractivity contribution < 1.29 is 9.72 Å². The molecule has 0 aliphatic carbocycles. The summed E-state index contributed by atoms with van der Waals surface area (Å²) in [6, 6.07) is 9.46. The van der Waals surface area contributed by atoms with Crippen LogP contribution in [0.4, 0.5) is 17.1 Å². The fourth-order valence-electron chi connectivity index (χ4n) is 1.91. The van der Waals surface area contributed by atoms with E-state index >= 15 is 0 Å². The molecule has 0 aromatic heterocycles. The van der Waals surface area contributed by atoms with Gasteiger partial charge in [0.05, 0.1) is 10.5 Å². The monoisotopic (exact) mass is 285 g/mol. The van der Waals surface area contributed by atoms with E-state index in [0.29, 0.717) is 5.69 Å². The van der Waals surface area contributed by atoms with E-state index in [1.54, 1.807) is 0 Å². The van der Waals surface area contributed by atoms with E-state index in [1.165, 1.54) is 18.2 Å². The van der Waals surface area contributed by atoms with E-state index in [-0.39, 0.29) is 16.9 Å². The summed E-state index contributed by atoms with van der Waals surface area (Å²) in [7, 11) is 0. The molecule has 0 radical (unpaired) electrons. The van der Waals surface area contributed by atoms with E-state index in [9.17, 15) is 14.9 Å². The van der Waals surface area contributed by atoms with Crippen molar-refractivity contribution in [2.75, 3.05) is 11.1 Å². The SMILES string of the molecule is Cc1ccc(C)c(NC(=O)c2cc([N+](=O)[O-])ccc2N)c1. The van der Waals surface area contributed by atoms with Crippen LogP contribution >= 0.6 is 0 Å². The molecule has 0 spiro atoms. The second-order valence-electron chi connectivity index (χ2n) is 4.80. The van der Waals surface area contributed by atoms with Gasteiger partial charge < -0.3 is 11.1 Å². The highest BCUT2D eigenvalue weighted by Gasteiger charge is 2.16. The average molecular weight is 285 g/mol. The van der Waals surface area contributed by atoms with Crippen molar-refractivity contribution in [3.05, 3.63) is 63.2 Å². The number of aryl methyl sites for hydroxylation is 2. The average Bonchev–Trinajstić information content (AvgIpc) is 2.43. The largest absolute Gasteiger partial charge is 0.398 e. The summed E-state index contributed by atoms with van der Waals surface area (Å²) in [5.74, 6) is -0.468. The lowest BCUT2D eigenvalue weighted by Crippen LogP contribution is -2.15. The van der Waals surface area contributed by atoms with Crippen LogP contribution in [-0.2, 0) is 0 Å². The Kier molecular flexibility index (Phi) is 3.89. The van der Waals surface area contributed by atoms with Crippen LogP contribution in [0.15, 0.2) is 36.4 Å². The first kappa shape index (κ1) is 14.5. The van der Waals surface area contributed by atoms with Gasteiger partial charge in [0.2, 0.25) is 0 Å². The van der Waals surface area contributed by atoms with E-state index in [4.69, 9.17) is 5.73 Å². The number of rotatable bonds is 3. The second kappa shape index (κ2) is 5.62. The number of non-ortho nitro benzene ring substituents is 1. The van der Waals surface area contributed by atoms with E-state index in [0.717, 1.165) is 11.1 Å². The Bertz CT molecular complexity index is 726. The predicted octanol–water partition coefficient (Wildman–Crippen LogP) is 3.05. The molecule has 1 amide bonds. The number of nitro benzene ring substituents is 1. The molecule has 0 saturated heterocycles. The van der Waals surface area contributed by atoms with Gasteiger partial charge in [-0.15, -0.1) is 0 Å². The van der Waals surface area contributed by atoms with Crippen molar-refractivity contribution in [1.29, 1.82) is 0 Å². The fraction of sp³-hybridized carbons (Fsp3) is 0.133. The van der Waals surface area contributed by atoms with Crippen LogP contribution in [0, 0.1) is 24.0 Å². The summed E-state index contributed by atoms with van der Waals surface area (Å²) >= 11 is 0. The van der Waals surface area contributed by atoms with E-state index in [2.05, 4.69) is 5.32 Å². The first-order valence-corrected chi connectivity index (χ1v) is 6.31. The number of nitrogens with one attached hydrogen (secondary N) is 1. The van der Waals surface area contributed by atoms with Crippen molar-refractivity contribution in [3.8, 4) is 0 Å². The number of nitrogens with zero attached hydrogens (tertiary/aromatic N) is 1. The summed E-state index contributed by atoms with van der Waals surface area (Å²) in [5.41, 5.74) is 8.41. The third-order valence-corrected chi connectivity index (χ3v) is 3.13. The molecule has 21 heavy (non-hydrogen) atoms. The van der Waals surface area contributed by atoms with Crippen LogP contribution in [-0.4, -0.2) is 10.8 Å². The van der Waals surface area contributed by atoms with Gasteiger partial charge in [-0.2, -0.15) is 0 Å². The first-order chi connectivity index (χ1) is 9.88. The van der Waals surface area contributed by atoms with Gasteiger partial charge in [-0.25, -0.2) is 0 Å². The molecule has 2 aromatic carbocycles. The van der Waals surface area contributed by atoms with Crippen molar-refractivity contribution in [2.45, 2.75) is 13.8 Å². The van der Waals surface area contributed by atoms with Crippen molar-refractivity contribution >= 4 is 23.0 Å². The molecule has 0 atom stereocenters. The van der Waals surface area contributed by atoms with Crippen LogP contribution in [0.3, 0.4) is 0 Å². The van der Waals surface area contributed by atoms with Gasteiger partial charge >= 0.3 is 0 Å². The van der Waals surface area contributed by atoms with Crippen LogP contribution in [0.1, 0.15) is 21.5 Å². The topological polar surface area (TPSA) is 98.3 Å². The standard InChI is InChI=1S/C15H15N3O3/c1-9-3-4-10(2)14(7-9)17-15(19)12-8-11(18(20)21)5-6-13(12)16/h3-8H,16H2,1-2H3,(H,17,19). The number of nitrogen functional groups attached to an aromatic ring is 1. The highest BCUT2D eigenvalue weighted by Crippen LogP contribution is 2.22. The van der Waals surface area contributed by atoms with Crippen LogP contribution < -0.4 is 11.1 Å². The molecular weight excluding hydrogens is 270 g/mol. The van der Waals surface area contributed by atoms with Crippen LogP contribution in [0.5, 0.6) is 0 Å². The number of nitrogens with two attached hydrogens (primary N) is 1. The molecule has 3 N–H and O–H groups in total. The van der Waals surface area contributed by atoms with Gasteiger partial charge in [0.1, 0.15) is 0 Å². The zero-order chi connectivity index (χ0) is 15.6. The quantitative estimate of drug-likeness (QED) is 0.514. The van der Waals surface area contributed by atoms with Gasteiger partial charge in [-0.3, -0.25) is 14.9 Å². The number of amides is 1. The zero-order valence-corrected chi connectivity index (χ0v) is 11.7. The molecule has 0 fully saturated rings. The maximum absolute atomic E-state index is 12.3. The van der Waals surface area contributed by atoms with E-state index < -0.39 is 10.8 Å². The molecule has 0 heterocycles. The predicted molar refractivity (Wildman–Crippen MR) is 81.4 cm³/mol. The Morgan fingerprint density at radius 1 is 1.19 bits per heavy atom. The molecule has 6 nitrogen and oxygen atoms in total. The molecule has 0 saturated carbocycles. The number of benzene rings is 2. The lowest BCUT2D eigenvalue weighted by Gasteiger charge is -2.10. The fourth-order valence-corrected chi connectivity index (χ4v) is 1.91. The molecular formula is C15H15N3O3. The second-order valence-corrected chi connectivity index (χ2v) is 4.80. The summed E-state index contributed by atoms with van der Waals surface area (Å²) in [6.45, 7) is 3.78. The molecule has 6 heteroatoms. The number of carbonyl (C=O) groups is 1. The lowest BCUT2D eigenvalue weighted by atomic mass is 10.1. The molecule has 2 rings (SSSR count). The zero-order valence-electron chi connectivity index (χ0n) is 11.7. The van der Waals surface area contributed by atoms with Gasteiger partial charge in [0.25, 0.3) is 11.6 Å². The Hall–Kier alpha value is -2.89. The van der Waals surface area contributed by atoms with Gasteiger partial charge in [0, 0.05) is 23.5 Å². The summed E-state index contributed by atoms with van der Waals surface area (Å²) < 4.78 is 0. The number of hydrogen-bond donors (Lipinski definition) is 2.